The molecule has 0 radical (unpaired) electrons. The number of rotatable bonds is 2. The molecule has 1 atom stereocenters. The second-order valence-electron chi connectivity index (χ2n) is 5.54. The minimum absolute atomic E-state index is 0.416. The van der Waals surface area contributed by atoms with Crippen LogP contribution in [0, 0.1) is 19.8 Å². The summed E-state index contributed by atoms with van der Waals surface area (Å²) in [6.45, 7) is 7.97. The van der Waals surface area contributed by atoms with Gasteiger partial charge in [-0.05, 0) is 69.0 Å². The largest absolute Gasteiger partial charge is 0.489 e. The Labute approximate surface area is 104 Å². The van der Waals surface area contributed by atoms with Crippen molar-refractivity contribution in [3.05, 3.63) is 29.3 Å². The van der Waals surface area contributed by atoms with E-state index >= 15 is 0 Å². The van der Waals surface area contributed by atoms with Crippen LogP contribution in [0.2, 0.25) is 0 Å². The van der Waals surface area contributed by atoms with E-state index in [0.29, 0.717) is 6.10 Å². The number of hydrogen-bond donors (Lipinski definition) is 0. The van der Waals surface area contributed by atoms with Gasteiger partial charge >= 0.3 is 0 Å². The molecule has 3 aliphatic rings. The first-order chi connectivity index (χ1) is 8.22. The summed E-state index contributed by atoms with van der Waals surface area (Å²) in [5, 5.41) is 0. The number of hydrogen-bond acceptors (Lipinski definition) is 2. The molecule has 2 nitrogen and oxygen atoms in total. The molecule has 2 heteroatoms. The standard InChI is InChI=1S/C15H21NO/c1-11-3-4-14(9-12(11)2)17-15-10-16-7-5-13(15)6-8-16/h3-4,9,13,15H,5-8,10H2,1-2H3. The third-order valence-corrected chi connectivity index (χ3v) is 4.36. The first kappa shape index (κ1) is 11.1. The van der Waals surface area contributed by atoms with Crippen LogP contribution in [0.4, 0.5) is 0 Å². The lowest BCUT2D eigenvalue weighted by atomic mass is 9.86. The molecule has 4 rings (SSSR count). The average molecular weight is 231 g/mol. The molecule has 17 heavy (non-hydrogen) atoms. The maximum atomic E-state index is 6.18. The monoisotopic (exact) mass is 231 g/mol. The van der Waals surface area contributed by atoms with Crippen LogP contribution in [-0.4, -0.2) is 30.6 Å². The van der Waals surface area contributed by atoms with Crippen molar-refractivity contribution >= 4 is 0 Å². The van der Waals surface area contributed by atoms with Crippen molar-refractivity contribution < 1.29 is 4.74 Å². The third-order valence-electron chi connectivity index (χ3n) is 4.36. The molecule has 0 N–H and O–H groups in total. The van der Waals surface area contributed by atoms with Gasteiger partial charge in [0.2, 0.25) is 0 Å². The molecule has 0 saturated carbocycles. The van der Waals surface area contributed by atoms with E-state index in [1.807, 2.05) is 0 Å². The van der Waals surface area contributed by atoms with Gasteiger partial charge in [-0.2, -0.15) is 0 Å². The maximum Gasteiger partial charge on any atom is 0.120 e. The number of ether oxygens (including phenoxy) is 1. The second-order valence-corrected chi connectivity index (χ2v) is 5.54. The minimum atomic E-state index is 0.416. The normalized spacial score (nSPS) is 31.5. The van der Waals surface area contributed by atoms with Crippen molar-refractivity contribution in [2.45, 2.75) is 32.8 Å². The molecule has 1 aromatic carbocycles. The molecule has 92 valence electrons. The van der Waals surface area contributed by atoms with Gasteiger partial charge in [0, 0.05) is 6.54 Å². The summed E-state index contributed by atoms with van der Waals surface area (Å²) < 4.78 is 6.18. The van der Waals surface area contributed by atoms with Crippen LogP contribution in [0.15, 0.2) is 18.2 Å². The third kappa shape index (κ3) is 2.19. The summed E-state index contributed by atoms with van der Waals surface area (Å²) in [4.78, 5) is 2.53. The predicted molar refractivity (Wildman–Crippen MR) is 69.5 cm³/mol. The van der Waals surface area contributed by atoms with Gasteiger partial charge in [0.05, 0.1) is 0 Å². The number of aryl methyl sites for hydroxylation is 2. The molecule has 3 fully saturated rings. The van der Waals surface area contributed by atoms with E-state index in [1.165, 1.54) is 37.1 Å². The minimum Gasteiger partial charge on any atom is -0.489 e. The van der Waals surface area contributed by atoms with Gasteiger partial charge in [-0.3, -0.25) is 4.90 Å². The van der Waals surface area contributed by atoms with Gasteiger partial charge < -0.3 is 4.74 Å². The van der Waals surface area contributed by atoms with Crippen molar-refractivity contribution in [3.8, 4) is 5.75 Å². The Bertz CT molecular complexity index is 407. The highest BCUT2D eigenvalue weighted by Crippen LogP contribution is 2.31. The summed E-state index contributed by atoms with van der Waals surface area (Å²) in [6, 6.07) is 6.44. The molecular weight excluding hydrogens is 210 g/mol. The summed E-state index contributed by atoms with van der Waals surface area (Å²) >= 11 is 0. The van der Waals surface area contributed by atoms with Crippen molar-refractivity contribution in [2.75, 3.05) is 19.6 Å². The van der Waals surface area contributed by atoms with Gasteiger partial charge in [0.25, 0.3) is 0 Å². The summed E-state index contributed by atoms with van der Waals surface area (Å²) in [5.74, 6) is 1.83. The van der Waals surface area contributed by atoms with Crippen molar-refractivity contribution in [1.29, 1.82) is 0 Å². The Morgan fingerprint density at radius 1 is 1.12 bits per heavy atom. The fraction of sp³-hybridized carbons (Fsp3) is 0.600. The molecule has 0 aliphatic carbocycles. The first-order valence-corrected chi connectivity index (χ1v) is 6.68. The number of benzene rings is 1. The molecule has 3 aliphatic heterocycles. The topological polar surface area (TPSA) is 12.5 Å². The summed E-state index contributed by atoms with van der Waals surface area (Å²) in [7, 11) is 0. The van der Waals surface area contributed by atoms with E-state index < -0.39 is 0 Å². The number of nitrogens with zero attached hydrogens (tertiary/aromatic N) is 1. The van der Waals surface area contributed by atoms with Crippen LogP contribution in [0.25, 0.3) is 0 Å². The quantitative estimate of drug-likeness (QED) is 0.776. The van der Waals surface area contributed by atoms with Gasteiger partial charge in [0.1, 0.15) is 11.9 Å². The Morgan fingerprint density at radius 3 is 2.47 bits per heavy atom. The van der Waals surface area contributed by atoms with Crippen molar-refractivity contribution in [1.82, 2.24) is 4.90 Å². The lowest BCUT2D eigenvalue weighted by molar-refractivity contribution is -0.00778. The lowest BCUT2D eigenvalue weighted by Crippen LogP contribution is -2.52. The van der Waals surface area contributed by atoms with Crippen molar-refractivity contribution in [2.24, 2.45) is 5.92 Å². The lowest BCUT2D eigenvalue weighted by Gasteiger charge is -2.44. The maximum absolute atomic E-state index is 6.18. The van der Waals surface area contributed by atoms with Crippen LogP contribution in [0.5, 0.6) is 5.75 Å². The Balaban J connectivity index is 1.72. The SMILES string of the molecule is Cc1ccc(OC2CN3CCC2CC3)cc1C. The molecule has 3 heterocycles. The Hall–Kier alpha value is -1.02. The van der Waals surface area contributed by atoms with E-state index in [9.17, 15) is 0 Å². The van der Waals surface area contributed by atoms with Crippen LogP contribution in [0.1, 0.15) is 24.0 Å². The van der Waals surface area contributed by atoms with Gasteiger partial charge in [0.15, 0.2) is 0 Å². The Kier molecular flexibility index (Phi) is 2.83. The molecule has 0 amide bonds. The Morgan fingerprint density at radius 2 is 1.88 bits per heavy atom. The zero-order chi connectivity index (χ0) is 11.8. The molecular formula is C15H21NO. The van der Waals surface area contributed by atoms with E-state index in [-0.39, 0.29) is 0 Å². The average Bonchev–Trinajstić information content (AvgIpc) is 2.35. The van der Waals surface area contributed by atoms with E-state index in [2.05, 4.69) is 36.9 Å². The molecule has 0 spiro atoms. The first-order valence-electron chi connectivity index (χ1n) is 6.68. The number of piperidine rings is 3. The molecule has 3 saturated heterocycles. The highest BCUT2D eigenvalue weighted by molar-refractivity contribution is 5.34. The zero-order valence-corrected chi connectivity index (χ0v) is 10.8. The fourth-order valence-corrected chi connectivity index (χ4v) is 3.01. The van der Waals surface area contributed by atoms with E-state index in [0.717, 1.165) is 18.2 Å². The van der Waals surface area contributed by atoms with Crippen LogP contribution >= 0.6 is 0 Å². The highest BCUT2D eigenvalue weighted by atomic mass is 16.5. The second kappa shape index (κ2) is 4.34. The highest BCUT2D eigenvalue weighted by Gasteiger charge is 2.35. The van der Waals surface area contributed by atoms with Gasteiger partial charge in [-0.1, -0.05) is 6.07 Å². The smallest absolute Gasteiger partial charge is 0.120 e. The van der Waals surface area contributed by atoms with Gasteiger partial charge in [-0.25, -0.2) is 0 Å². The molecule has 1 unspecified atom stereocenters. The predicted octanol–water partition coefficient (Wildman–Crippen LogP) is 2.78. The number of fused-ring (bicyclic) bond motifs is 3. The van der Waals surface area contributed by atoms with Crippen LogP contribution < -0.4 is 4.74 Å². The van der Waals surface area contributed by atoms with Crippen molar-refractivity contribution in [3.63, 3.8) is 0 Å². The van der Waals surface area contributed by atoms with Crippen LogP contribution in [0.3, 0.4) is 0 Å². The molecule has 2 bridgehead atoms. The van der Waals surface area contributed by atoms with Gasteiger partial charge in [-0.15, -0.1) is 0 Å². The zero-order valence-electron chi connectivity index (χ0n) is 10.8. The van der Waals surface area contributed by atoms with Crippen LogP contribution in [-0.2, 0) is 0 Å². The molecule has 0 aromatic heterocycles. The summed E-state index contributed by atoms with van der Waals surface area (Å²) in [6.07, 6.45) is 3.05. The molecule has 1 aromatic rings. The van der Waals surface area contributed by atoms with E-state index in [1.54, 1.807) is 0 Å². The fourth-order valence-electron chi connectivity index (χ4n) is 3.01. The van der Waals surface area contributed by atoms with E-state index in [4.69, 9.17) is 4.74 Å². The summed E-state index contributed by atoms with van der Waals surface area (Å²) in [5.41, 5.74) is 2.66.